The molecule has 0 aliphatic heterocycles. The van der Waals surface area contributed by atoms with E-state index in [0.717, 1.165) is 25.0 Å². The summed E-state index contributed by atoms with van der Waals surface area (Å²) >= 11 is 4.90. The Balaban J connectivity index is 2.13. The van der Waals surface area contributed by atoms with Gasteiger partial charge in [0, 0.05) is 6.07 Å². The van der Waals surface area contributed by atoms with Crippen molar-refractivity contribution in [1.29, 1.82) is 0 Å². The summed E-state index contributed by atoms with van der Waals surface area (Å²) < 4.78 is 12.8. The summed E-state index contributed by atoms with van der Waals surface area (Å²) in [4.78, 5) is 12.1. The number of halogens is 1. The number of nitrogens with two attached hydrogens (primary N) is 1. The van der Waals surface area contributed by atoms with E-state index in [-0.39, 0.29) is 22.5 Å². The highest BCUT2D eigenvalue weighted by atomic mass is 32.1. The number of carbonyl (C=O) groups is 1. The minimum Gasteiger partial charge on any atom is -0.507 e. The van der Waals surface area contributed by atoms with E-state index in [1.807, 2.05) is 0 Å². The third-order valence-electron chi connectivity index (χ3n) is 2.89. The highest BCUT2D eigenvalue weighted by Gasteiger charge is 2.34. The molecule has 0 aromatic heterocycles. The molecule has 18 heavy (non-hydrogen) atoms. The molecular formula is C12H13FN2O2S. The molecular weight excluding hydrogens is 255 g/mol. The molecule has 1 atom stereocenters. The van der Waals surface area contributed by atoms with Gasteiger partial charge in [0.15, 0.2) is 0 Å². The SMILES string of the molecule is NC(=S)C(NC(=O)c1ccc(F)cc1O)C1CC1. The molecule has 1 fully saturated rings. The second kappa shape index (κ2) is 4.89. The lowest BCUT2D eigenvalue weighted by Crippen LogP contribution is -2.45. The van der Waals surface area contributed by atoms with Crippen LogP contribution in [-0.4, -0.2) is 22.0 Å². The molecule has 1 aliphatic rings. The number of nitrogens with one attached hydrogen (secondary N) is 1. The first-order valence-corrected chi connectivity index (χ1v) is 5.98. The van der Waals surface area contributed by atoms with Crippen LogP contribution in [0.1, 0.15) is 23.2 Å². The minimum absolute atomic E-state index is 0.0123. The molecule has 1 amide bonds. The van der Waals surface area contributed by atoms with Crippen LogP contribution in [0.2, 0.25) is 0 Å². The van der Waals surface area contributed by atoms with Gasteiger partial charge in [-0.1, -0.05) is 12.2 Å². The fourth-order valence-corrected chi connectivity index (χ4v) is 2.02. The molecule has 1 saturated carbocycles. The zero-order valence-electron chi connectivity index (χ0n) is 9.52. The number of rotatable bonds is 4. The lowest BCUT2D eigenvalue weighted by atomic mass is 10.1. The van der Waals surface area contributed by atoms with Crippen molar-refractivity contribution in [3.05, 3.63) is 29.6 Å². The number of hydrogen-bond acceptors (Lipinski definition) is 3. The zero-order valence-corrected chi connectivity index (χ0v) is 10.3. The molecule has 0 heterocycles. The average Bonchev–Trinajstić information content (AvgIpc) is 3.08. The molecule has 0 radical (unpaired) electrons. The highest BCUT2D eigenvalue weighted by Crippen LogP contribution is 2.33. The molecule has 96 valence electrons. The van der Waals surface area contributed by atoms with E-state index < -0.39 is 17.5 Å². The van der Waals surface area contributed by atoms with E-state index in [1.54, 1.807) is 0 Å². The largest absolute Gasteiger partial charge is 0.507 e. The van der Waals surface area contributed by atoms with E-state index in [1.165, 1.54) is 6.07 Å². The van der Waals surface area contributed by atoms with Gasteiger partial charge in [-0.15, -0.1) is 0 Å². The van der Waals surface area contributed by atoms with Crippen LogP contribution in [0.3, 0.4) is 0 Å². The number of aromatic hydroxyl groups is 1. The van der Waals surface area contributed by atoms with Crippen LogP contribution >= 0.6 is 12.2 Å². The summed E-state index contributed by atoms with van der Waals surface area (Å²) in [6, 6.07) is 2.87. The van der Waals surface area contributed by atoms with Gasteiger partial charge in [0.05, 0.1) is 16.6 Å². The van der Waals surface area contributed by atoms with Crippen molar-refractivity contribution in [2.45, 2.75) is 18.9 Å². The number of thiocarbonyl (C=S) groups is 1. The predicted molar refractivity (Wildman–Crippen MR) is 68.8 cm³/mol. The van der Waals surface area contributed by atoms with Gasteiger partial charge in [-0.2, -0.15) is 0 Å². The fraction of sp³-hybridized carbons (Fsp3) is 0.333. The Kier molecular flexibility index (Phi) is 3.47. The van der Waals surface area contributed by atoms with E-state index in [2.05, 4.69) is 5.32 Å². The van der Waals surface area contributed by atoms with Crippen molar-refractivity contribution in [1.82, 2.24) is 5.32 Å². The second-order valence-corrected chi connectivity index (χ2v) is 4.82. The molecule has 0 spiro atoms. The molecule has 1 unspecified atom stereocenters. The topological polar surface area (TPSA) is 75.3 Å². The Morgan fingerprint density at radius 2 is 2.22 bits per heavy atom. The Hall–Kier alpha value is -1.69. The van der Waals surface area contributed by atoms with E-state index in [9.17, 15) is 14.3 Å². The third kappa shape index (κ3) is 2.76. The standard InChI is InChI=1S/C12H13FN2O2S/c13-7-3-4-8(9(16)5-7)12(17)15-10(11(14)18)6-1-2-6/h3-6,10,16H,1-2H2,(H2,14,18)(H,15,17). The maximum Gasteiger partial charge on any atom is 0.255 e. The van der Waals surface area contributed by atoms with Crippen molar-refractivity contribution in [2.75, 3.05) is 0 Å². The van der Waals surface area contributed by atoms with Gasteiger partial charge in [0.25, 0.3) is 5.91 Å². The summed E-state index contributed by atoms with van der Waals surface area (Å²) in [7, 11) is 0. The molecule has 4 nitrogen and oxygen atoms in total. The summed E-state index contributed by atoms with van der Waals surface area (Å²) in [5.74, 6) is -1.23. The third-order valence-corrected chi connectivity index (χ3v) is 3.14. The first kappa shape index (κ1) is 12.8. The van der Waals surface area contributed by atoms with Gasteiger partial charge >= 0.3 is 0 Å². The molecule has 1 aliphatic carbocycles. The van der Waals surface area contributed by atoms with Crippen molar-refractivity contribution in [3.8, 4) is 5.75 Å². The molecule has 4 N–H and O–H groups in total. The van der Waals surface area contributed by atoms with Crippen molar-refractivity contribution in [2.24, 2.45) is 11.7 Å². The summed E-state index contributed by atoms with van der Waals surface area (Å²) in [6.07, 6.45) is 1.94. The van der Waals surface area contributed by atoms with Gasteiger partial charge in [-0.3, -0.25) is 4.79 Å². The first-order valence-electron chi connectivity index (χ1n) is 5.57. The number of hydrogen-bond donors (Lipinski definition) is 3. The molecule has 1 aromatic rings. The lowest BCUT2D eigenvalue weighted by molar-refractivity contribution is 0.0941. The summed E-state index contributed by atoms with van der Waals surface area (Å²) in [6.45, 7) is 0. The van der Waals surface area contributed by atoms with Crippen LogP contribution < -0.4 is 11.1 Å². The normalized spacial score (nSPS) is 16.1. The van der Waals surface area contributed by atoms with Crippen LogP contribution in [0.5, 0.6) is 5.75 Å². The number of phenols is 1. The van der Waals surface area contributed by atoms with Crippen LogP contribution in [0, 0.1) is 11.7 Å². The zero-order chi connectivity index (χ0) is 13.3. The second-order valence-electron chi connectivity index (χ2n) is 4.35. The van der Waals surface area contributed by atoms with Gasteiger partial charge in [-0.25, -0.2) is 4.39 Å². The van der Waals surface area contributed by atoms with Crippen molar-refractivity contribution >= 4 is 23.1 Å². The quantitative estimate of drug-likeness (QED) is 0.720. The lowest BCUT2D eigenvalue weighted by Gasteiger charge is -2.17. The van der Waals surface area contributed by atoms with Crippen molar-refractivity contribution < 1.29 is 14.3 Å². The first-order chi connectivity index (χ1) is 8.49. The van der Waals surface area contributed by atoms with E-state index >= 15 is 0 Å². The summed E-state index contributed by atoms with van der Waals surface area (Å²) in [5.41, 5.74) is 5.57. The average molecular weight is 268 g/mol. The van der Waals surface area contributed by atoms with Gasteiger partial charge < -0.3 is 16.2 Å². The monoisotopic (exact) mass is 268 g/mol. The molecule has 0 bridgehead atoms. The Morgan fingerprint density at radius 1 is 1.56 bits per heavy atom. The number of carbonyl (C=O) groups excluding carboxylic acids is 1. The number of benzene rings is 1. The van der Waals surface area contributed by atoms with Crippen molar-refractivity contribution in [3.63, 3.8) is 0 Å². The smallest absolute Gasteiger partial charge is 0.255 e. The van der Waals surface area contributed by atoms with E-state index in [4.69, 9.17) is 18.0 Å². The highest BCUT2D eigenvalue weighted by molar-refractivity contribution is 7.80. The maximum absolute atomic E-state index is 12.8. The predicted octanol–water partition coefficient (Wildman–Crippen LogP) is 1.33. The van der Waals surface area contributed by atoms with Gasteiger partial charge in [0.1, 0.15) is 11.6 Å². The van der Waals surface area contributed by atoms with Crippen LogP contribution in [0.25, 0.3) is 0 Å². The fourth-order valence-electron chi connectivity index (χ4n) is 1.77. The number of amides is 1. The summed E-state index contributed by atoms with van der Waals surface area (Å²) in [5, 5.41) is 12.2. The Morgan fingerprint density at radius 3 is 2.72 bits per heavy atom. The molecule has 2 rings (SSSR count). The van der Waals surface area contributed by atoms with Gasteiger partial charge in [-0.05, 0) is 30.9 Å². The molecule has 0 saturated heterocycles. The Labute approximate surface area is 109 Å². The number of phenolic OH excluding ortho intramolecular Hbond substituents is 1. The van der Waals surface area contributed by atoms with Gasteiger partial charge in [0.2, 0.25) is 0 Å². The van der Waals surface area contributed by atoms with Crippen LogP contribution in [-0.2, 0) is 0 Å². The van der Waals surface area contributed by atoms with Crippen LogP contribution in [0.4, 0.5) is 4.39 Å². The maximum atomic E-state index is 12.8. The minimum atomic E-state index is -0.600. The van der Waals surface area contributed by atoms with E-state index in [0.29, 0.717) is 0 Å². The Bertz CT molecular complexity index is 503. The molecule has 6 heteroatoms. The molecule has 1 aromatic carbocycles. The van der Waals surface area contributed by atoms with Crippen LogP contribution in [0.15, 0.2) is 18.2 Å².